The molecule has 1 N–H and O–H groups in total. The zero-order valence-electron chi connectivity index (χ0n) is 12.8. The third kappa shape index (κ3) is 3.90. The summed E-state index contributed by atoms with van der Waals surface area (Å²) in [6.45, 7) is 6.53. The summed E-state index contributed by atoms with van der Waals surface area (Å²) < 4.78 is 0. The van der Waals surface area contributed by atoms with E-state index in [0.29, 0.717) is 5.92 Å². The van der Waals surface area contributed by atoms with E-state index in [1.807, 2.05) is 11.3 Å². The standard InChI is InChI=1S/C16H23N3S2/c1-11(2)10-17-8-7-15-18-19-16(21-15)14-9-12-5-3-4-6-13(12)20-14/h9,11,17H,3-8,10H2,1-2H3. The number of aromatic nitrogens is 2. The van der Waals surface area contributed by atoms with Crippen LogP contribution in [0.1, 0.15) is 42.1 Å². The monoisotopic (exact) mass is 321 g/mol. The van der Waals surface area contributed by atoms with E-state index in [1.54, 1.807) is 21.8 Å². The molecule has 0 fully saturated rings. The molecule has 0 bridgehead atoms. The maximum atomic E-state index is 4.39. The molecule has 1 aliphatic carbocycles. The van der Waals surface area contributed by atoms with Gasteiger partial charge in [-0.2, -0.15) is 0 Å². The van der Waals surface area contributed by atoms with Crippen molar-refractivity contribution >= 4 is 22.7 Å². The Bertz CT molecular complexity index is 563. The summed E-state index contributed by atoms with van der Waals surface area (Å²) in [6, 6.07) is 2.35. The highest BCUT2D eigenvalue weighted by atomic mass is 32.1. The van der Waals surface area contributed by atoms with Crippen LogP contribution in [-0.2, 0) is 19.3 Å². The highest BCUT2D eigenvalue weighted by Gasteiger charge is 2.16. The van der Waals surface area contributed by atoms with Gasteiger partial charge in [0.2, 0.25) is 0 Å². The predicted octanol–water partition coefficient (Wildman–Crippen LogP) is 3.93. The van der Waals surface area contributed by atoms with Crippen LogP contribution >= 0.6 is 22.7 Å². The fraction of sp³-hybridized carbons (Fsp3) is 0.625. The molecule has 2 aromatic rings. The molecule has 0 spiro atoms. The fourth-order valence-corrected chi connectivity index (χ4v) is 4.77. The Morgan fingerprint density at radius 1 is 1.19 bits per heavy atom. The van der Waals surface area contributed by atoms with Crippen LogP contribution in [0.2, 0.25) is 0 Å². The second-order valence-electron chi connectivity index (χ2n) is 6.12. The van der Waals surface area contributed by atoms with Gasteiger partial charge in [0, 0.05) is 17.8 Å². The summed E-state index contributed by atoms with van der Waals surface area (Å²) in [6.07, 6.45) is 6.17. The summed E-state index contributed by atoms with van der Waals surface area (Å²) in [5, 5.41) is 14.5. The molecule has 3 rings (SSSR count). The first-order valence-corrected chi connectivity index (χ1v) is 9.50. The van der Waals surface area contributed by atoms with Gasteiger partial charge in [-0.25, -0.2) is 0 Å². The number of hydrogen-bond acceptors (Lipinski definition) is 5. The second kappa shape index (κ2) is 6.99. The van der Waals surface area contributed by atoms with Gasteiger partial charge in [-0.3, -0.25) is 0 Å². The molecule has 0 radical (unpaired) electrons. The highest BCUT2D eigenvalue weighted by Crippen LogP contribution is 2.36. The Hall–Kier alpha value is -0.780. The first kappa shape index (κ1) is 15.1. The quantitative estimate of drug-likeness (QED) is 0.819. The number of aryl methyl sites for hydroxylation is 2. The van der Waals surface area contributed by atoms with Crippen molar-refractivity contribution in [2.45, 2.75) is 46.0 Å². The van der Waals surface area contributed by atoms with Crippen LogP contribution in [0.25, 0.3) is 9.88 Å². The molecule has 5 heteroatoms. The van der Waals surface area contributed by atoms with Crippen molar-refractivity contribution in [2.75, 3.05) is 13.1 Å². The minimum atomic E-state index is 0.701. The van der Waals surface area contributed by atoms with E-state index in [9.17, 15) is 0 Å². The maximum absolute atomic E-state index is 4.39. The van der Waals surface area contributed by atoms with E-state index in [4.69, 9.17) is 0 Å². The van der Waals surface area contributed by atoms with Gasteiger partial charge >= 0.3 is 0 Å². The molecule has 0 atom stereocenters. The van der Waals surface area contributed by atoms with Gasteiger partial charge in [-0.05, 0) is 49.8 Å². The number of nitrogens with one attached hydrogen (secondary N) is 1. The van der Waals surface area contributed by atoms with Crippen molar-refractivity contribution in [3.63, 3.8) is 0 Å². The van der Waals surface area contributed by atoms with Gasteiger partial charge in [-0.1, -0.05) is 25.2 Å². The largest absolute Gasteiger partial charge is 0.316 e. The SMILES string of the molecule is CC(C)CNCCc1nnc(-c2cc3c(s2)CCCC3)s1. The molecule has 0 saturated heterocycles. The topological polar surface area (TPSA) is 37.8 Å². The molecule has 1 aliphatic rings. The molecular formula is C16H23N3S2. The van der Waals surface area contributed by atoms with Crippen LogP contribution in [-0.4, -0.2) is 23.3 Å². The van der Waals surface area contributed by atoms with Crippen LogP contribution < -0.4 is 5.32 Å². The molecule has 2 heterocycles. The Morgan fingerprint density at radius 2 is 2.05 bits per heavy atom. The normalized spacial score (nSPS) is 14.6. The van der Waals surface area contributed by atoms with E-state index in [1.165, 1.54) is 30.6 Å². The number of fused-ring (bicyclic) bond motifs is 1. The van der Waals surface area contributed by atoms with Crippen molar-refractivity contribution in [3.8, 4) is 9.88 Å². The Kier molecular flexibility index (Phi) is 5.03. The van der Waals surface area contributed by atoms with Crippen LogP contribution in [0.15, 0.2) is 6.07 Å². The van der Waals surface area contributed by atoms with Gasteiger partial charge in [0.1, 0.15) is 5.01 Å². The minimum absolute atomic E-state index is 0.701. The summed E-state index contributed by atoms with van der Waals surface area (Å²) in [5.41, 5.74) is 1.55. The van der Waals surface area contributed by atoms with E-state index >= 15 is 0 Å². The molecular weight excluding hydrogens is 298 g/mol. The van der Waals surface area contributed by atoms with Crippen molar-refractivity contribution in [1.82, 2.24) is 15.5 Å². The number of hydrogen-bond donors (Lipinski definition) is 1. The highest BCUT2D eigenvalue weighted by molar-refractivity contribution is 7.21. The molecule has 0 unspecified atom stereocenters. The molecule has 0 aromatic carbocycles. The van der Waals surface area contributed by atoms with Gasteiger partial charge in [0.25, 0.3) is 0 Å². The smallest absolute Gasteiger partial charge is 0.157 e. The lowest BCUT2D eigenvalue weighted by Gasteiger charge is -2.08. The molecule has 3 nitrogen and oxygen atoms in total. The number of rotatable bonds is 6. The van der Waals surface area contributed by atoms with Gasteiger partial charge in [0.15, 0.2) is 5.01 Å². The van der Waals surface area contributed by atoms with Crippen molar-refractivity contribution < 1.29 is 0 Å². The average Bonchev–Trinajstić information content (AvgIpc) is 3.09. The summed E-state index contributed by atoms with van der Waals surface area (Å²) in [4.78, 5) is 2.90. The first-order chi connectivity index (χ1) is 10.2. The lowest BCUT2D eigenvalue weighted by Crippen LogP contribution is -2.22. The molecule has 0 saturated carbocycles. The van der Waals surface area contributed by atoms with E-state index in [2.05, 4.69) is 35.4 Å². The summed E-state index contributed by atoms with van der Waals surface area (Å²) >= 11 is 3.68. The third-order valence-electron chi connectivity index (χ3n) is 3.74. The van der Waals surface area contributed by atoms with Gasteiger partial charge in [-0.15, -0.1) is 21.5 Å². The van der Waals surface area contributed by atoms with Crippen molar-refractivity contribution in [2.24, 2.45) is 5.92 Å². The Labute approximate surface area is 134 Å². The van der Waals surface area contributed by atoms with E-state index in [0.717, 1.165) is 29.5 Å². The molecule has 114 valence electrons. The first-order valence-electron chi connectivity index (χ1n) is 7.87. The molecule has 2 aromatic heterocycles. The van der Waals surface area contributed by atoms with E-state index < -0.39 is 0 Å². The third-order valence-corrected chi connectivity index (χ3v) is 6.13. The lowest BCUT2D eigenvalue weighted by atomic mass is 9.99. The van der Waals surface area contributed by atoms with E-state index in [-0.39, 0.29) is 0 Å². The molecule has 0 aliphatic heterocycles. The molecule has 0 amide bonds. The summed E-state index contributed by atoms with van der Waals surface area (Å²) in [7, 11) is 0. The minimum Gasteiger partial charge on any atom is -0.316 e. The van der Waals surface area contributed by atoms with Gasteiger partial charge < -0.3 is 5.32 Å². The lowest BCUT2D eigenvalue weighted by molar-refractivity contribution is 0.553. The number of thiophene rings is 1. The zero-order chi connectivity index (χ0) is 14.7. The second-order valence-corrected chi connectivity index (χ2v) is 8.31. The van der Waals surface area contributed by atoms with Crippen LogP contribution in [0, 0.1) is 5.92 Å². The Morgan fingerprint density at radius 3 is 2.86 bits per heavy atom. The summed E-state index contributed by atoms with van der Waals surface area (Å²) in [5.74, 6) is 0.701. The fourth-order valence-electron chi connectivity index (χ4n) is 2.64. The van der Waals surface area contributed by atoms with Crippen LogP contribution in [0.3, 0.4) is 0 Å². The Balaban J connectivity index is 1.60. The zero-order valence-corrected chi connectivity index (χ0v) is 14.4. The van der Waals surface area contributed by atoms with Crippen LogP contribution in [0.4, 0.5) is 0 Å². The predicted molar refractivity (Wildman–Crippen MR) is 91.3 cm³/mol. The van der Waals surface area contributed by atoms with Gasteiger partial charge in [0.05, 0.1) is 4.88 Å². The molecule has 21 heavy (non-hydrogen) atoms. The van der Waals surface area contributed by atoms with Crippen molar-refractivity contribution in [3.05, 3.63) is 21.5 Å². The van der Waals surface area contributed by atoms with Crippen molar-refractivity contribution in [1.29, 1.82) is 0 Å². The average molecular weight is 322 g/mol. The van der Waals surface area contributed by atoms with Crippen LogP contribution in [0.5, 0.6) is 0 Å². The maximum Gasteiger partial charge on any atom is 0.157 e. The number of nitrogens with zero attached hydrogens (tertiary/aromatic N) is 2.